The van der Waals surface area contributed by atoms with Gasteiger partial charge in [-0.25, -0.2) is 4.79 Å². The molecular formula is C14H20N2O3. The zero-order valence-electron chi connectivity index (χ0n) is 11.8. The lowest BCUT2D eigenvalue weighted by Crippen LogP contribution is -2.37. The van der Waals surface area contributed by atoms with Gasteiger partial charge in [0, 0.05) is 25.7 Å². The van der Waals surface area contributed by atoms with E-state index < -0.39 is 6.09 Å². The maximum Gasteiger partial charge on any atom is 0.406 e. The van der Waals surface area contributed by atoms with Crippen LogP contribution in [-0.2, 0) is 9.53 Å². The average Bonchev–Trinajstić information content (AvgIpc) is 2.37. The minimum atomic E-state index is -0.497. The molecule has 0 heterocycles. The Hall–Kier alpha value is -2.04. The van der Waals surface area contributed by atoms with E-state index >= 15 is 0 Å². The third kappa shape index (κ3) is 4.28. The number of anilines is 1. The molecule has 0 saturated heterocycles. The molecule has 1 rings (SSSR count). The number of nitrogens with one attached hydrogen (secondary N) is 1. The van der Waals surface area contributed by atoms with Crippen molar-refractivity contribution >= 4 is 17.7 Å². The van der Waals surface area contributed by atoms with Gasteiger partial charge in [0.2, 0.25) is 5.91 Å². The fourth-order valence-corrected chi connectivity index (χ4v) is 1.70. The molecule has 0 unspecified atom stereocenters. The molecule has 19 heavy (non-hydrogen) atoms. The van der Waals surface area contributed by atoms with Gasteiger partial charge in [0.1, 0.15) is 0 Å². The second-order valence-electron chi connectivity index (χ2n) is 4.36. The number of rotatable bonds is 4. The van der Waals surface area contributed by atoms with Gasteiger partial charge in [-0.15, -0.1) is 0 Å². The van der Waals surface area contributed by atoms with Gasteiger partial charge in [-0.3, -0.25) is 4.79 Å². The largest absolute Gasteiger partial charge is 0.453 e. The van der Waals surface area contributed by atoms with Crippen LogP contribution in [0.4, 0.5) is 10.5 Å². The molecule has 0 saturated carbocycles. The van der Waals surface area contributed by atoms with Crippen LogP contribution in [0.25, 0.3) is 0 Å². The van der Waals surface area contributed by atoms with E-state index in [-0.39, 0.29) is 5.91 Å². The first-order valence-electron chi connectivity index (χ1n) is 6.13. The van der Waals surface area contributed by atoms with Gasteiger partial charge in [0.15, 0.2) is 0 Å². The Kier molecular flexibility index (Phi) is 5.36. The number of carbonyl (C=O) groups excluding carboxylic acids is 2. The summed E-state index contributed by atoms with van der Waals surface area (Å²) in [5.41, 5.74) is 3.15. The first-order chi connectivity index (χ1) is 8.95. The third-order valence-corrected chi connectivity index (χ3v) is 2.97. The predicted molar refractivity (Wildman–Crippen MR) is 74.4 cm³/mol. The molecule has 1 aromatic carbocycles. The lowest BCUT2D eigenvalue weighted by atomic mass is 10.1. The molecule has 0 aromatic heterocycles. The average molecular weight is 264 g/mol. The summed E-state index contributed by atoms with van der Waals surface area (Å²) in [7, 11) is 1.31. The lowest BCUT2D eigenvalue weighted by molar-refractivity contribution is -0.116. The minimum Gasteiger partial charge on any atom is -0.453 e. The molecular weight excluding hydrogens is 244 g/mol. The predicted octanol–water partition coefficient (Wildman–Crippen LogP) is 2.01. The van der Waals surface area contributed by atoms with Crippen molar-refractivity contribution in [2.24, 2.45) is 0 Å². The van der Waals surface area contributed by atoms with E-state index in [0.29, 0.717) is 13.1 Å². The van der Waals surface area contributed by atoms with Crippen LogP contribution in [0.15, 0.2) is 18.2 Å². The number of carbonyl (C=O) groups is 2. The lowest BCUT2D eigenvalue weighted by Gasteiger charge is -2.22. The van der Waals surface area contributed by atoms with E-state index in [2.05, 4.69) is 10.1 Å². The molecule has 0 spiro atoms. The van der Waals surface area contributed by atoms with Crippen molar-refractivity contribution in [2.45, 2.75) is 20.8 Å². The summed E-state index contributed by atoms with van der Waals surface area (Å²) in [4.78, 5) is 24.3. The molecule has 104 valence electrons. The van der Waals surface area contributed by atoms with Crippen LogP contribution in [0.3, 0.4) is 0 Å². The SMILES string of the molecule is COC(=O)NCCN(C(C)=O)c1ccc(C)c(C)c1. The van der Waals surface area contributed by atoms with Gasteiger partial charge in [-0.1, -0.05) is 6.07 Å². The monoisotopic (exact) mass is 264 g/mol. The third-order valence-electron chi connectivity index (χ3n) is 2.97. The summed E-state index contributed by atoms with van der Waals surface area (Å²) in [6.07, 6.45) is -0.497. The number of hydrogen-bond acceptors (Lipinski definition) is 3. The molecule has 5 nitrogen and oxygen atoms in total. The summed E-state index contributed by atoms with van der Waals surface area (Å²) >= 11 is 0. The maximum absolute atomic E-state index is 11.7. The standard InChI is InChI=1S/C14H20N2O3/c1-10-5-6-13(9-11(10)2)16(12(3)17)8-7-15-14(18)19-4/h5-6,9H,7-8H2,1-4H3,(H,15,18). The van der Waals surface area contributed by atoms with Crippen LogP contribution >= 0.6 is 0 Å². The highest BCUT2D eigenvalue weighted by Gasteiger charge is 2.12. The molecule has 0 fully saturated rings. The minimum absolute atomic E-state index is 0.0603. The zero-order valence-corrected chi connectivity index (χ0v) is 11.8. The Labute approximate surface area is 113 Å². The van der Waals surface area contributed by atoms with Crippen LogP contribution in [-0.4, -0.2) is 32.2 Å². The van der Waals surface area contributed by atoms with Gasteiger partial charge in [0.05, 0.1) is 7.11 Å². The van der Waals surface area contributed by atoms with Gasteiger partial charge >= 0.3 is 6.09 Å². The molecule has 0 aliphatic heterocycles. The Morgan fingerprint density at radius 1 is 1.26 bits per heavy atom. The van der Waals surface area contributed by atoms with Crippen molar-refractivity contribution in [3.05, 3.63) is 29.3 Å². The van der Waals surface area contributed by atoms with Crippen LogP contribution in [0.5, 0.6) is 0 Å². The molecule has 1 aromatic rings. The molecule has 0 aliphatic rings. The second-order valence-corrected chi connectivity index (χ2v) is 4.36. The van der Waals surface area contributed by atoms with E-state index in [1.165, 1.54) is 19.6 Å². The summed E-state index contributed by atoms with van der Waals surface area (Å²) in [5, 5.41) is 2.56. The van der Waals surface area contributed by atoms with E-state index in [0.717, 1.165) is 11.3 Å². The summed E-state index contributed by atoms with van der Waals surface area (Å²) < 4.78 is 4.48. The van der Waals surface area contributed by atoms with Crippen molar-refractivity contribution in [1.82, 2.24) is 5.32 Å². The quantitative estimate of drug-likeness (QED) is 0.905. The van der Waals surface area contributed by atoms with Gasteiger partial charge < -0.3 is 15.0 Å². The smallest absolute Gasteiger partial charge is 0.406 e. The summed E-state index contributed by atoms with van der Waals surface area (Å²) in [5.74, 6) is -0.0603. The maximum atomic E-state index is 11.7. The number of alkyl carbamates (subject to hydrolysis) is 1. The fraction of sp³-hybridized carbons (Fsp3) is 0.429. The molecule has 5 heteroatoms. The van der Waals surface area contributed by atoms with Crippen molar-refractivity contribution in [2.75, 3.05) is 25.1 Å². The number of nitrogens with zero attached hydrogens (tertiary/aromatic N) is 1. The fourth-order valence-electron chi connectivity index (χ4n) is 1.70. The van der Waals surface area contributed by atoms with Gasteiger partial charge in [-0.05, 0) is 37.1 Å². The number of methoxy groups -OCH3 is 1. The topological polar surface area (TPSA) is 58.6 Å². The van der Waals surface area contributed by atoms with Crippen LogP contribution < -0.4 is 10.2 Å². The normalized spacial score (nSPS) is 9.89. The highest BCUT2D eigenvalue weighted by molar-refractivity contribution is 5.91. The van der Waals surface area contributed by atoms with Crippen LogP contribution in [0.2, 0.25) is 0 Å². The number of amides is 2. The van der Waals surface area contributed by atoms with Gasteiger partial charge in [-0.2, -0.15) is 0 Å². The number of aryl methyl sites for hydroxylation is 2. The molecule has 2 amide bonds. The van der Waals surface area contributed by atoms with E-state index in [4.69, 9.17) is 0 Å². The van der Waals surface area contributed by atoms with Crippen molar-refractivity contribution in [1.29, 1.82) is 0 Å². The van der Waals surface area contributed by atoms with Crippen LogP contribution in [0.1, 0.15) is 18.1 Å². The highest BCUT2D eigenvalue weighted by atomic mass is 16.5. The number of ether oxygens (including phenoxy) is 1. The molecule has 0 atom stereocenters. The Morgan fingerprint density at radius 3 is 2.47 bits per heavy atom. The van der Waals surface area contributed by atoms with E-state index in [1.54, 1.807) is 4.90 Å². The summed E-state index contributed by atoms with van der Waals surface area (Å²) in [6.45, 7) is 6.29. The van der Waals surface area contributed by atoms with Gasteiger partial charge in [0.25, 0.3) is 0 Å². The number of hydrogen-bond donors (Lipinski definition) is 1. The molecule has 1 N–H and O–H groups in total. The Bertz CT molecular complexity index is 472. The highest BCUT2D eigenvalue weighted by Crippen LogP contribution is 2.18. The van der Waals surface area contributed by atoms with Crippen molar-refractivity contribution < 1.29 is 14.3 Å². The molecule has 0 aliphatic carbocycles. The summed E-state index contributed by atoms with van der Waals surface area (Å²) in [6, 6.07) is 5.85. The first kappa shape index (κ1) is 15.0. The zero-order chi connectivity index (χ0) is 14.4. The second kappa shape index (κ2) is 6.78. The Morgan fingerprint density at radius 2 is 1.95 bits per heavy atom. The van der Waals surface area contributed by atoms with E-state index in [9.17, 15) is 9.59 Å². The van der Waals surface area contributed by atoms with Crippen molar-refractivity contribution in [3.8, 4) is 0 Å². The molecule has 0 radical (unpaired) electrons. The van der Waals surface area contributed by atoms with Crippen LogP contribution in [0, 0.1) is 13.8 Å². The Balaban J connectivity index is 2.74. The first-order valence-corrected chi connectivity index (χ1v) is 6.13. The molecule has 0 bridgehead atoms. The number of benzene rings is 1. The van der Waals surface area contributed by atoms with E-state index in [1.807, 2.05) is 32.0 Å². The van der Waals surface area contributed by atoms with Crippen molar-refractivity contribution in [3.63, 3.8) is 0 Å².